The second kappa shape index (κ2) is 7.59. The molecular weight excluding hydrogens is 281 g/mol. The van der Waals surface area contributed by atoms with Crippen LogP contribution in [0.5, 0.6) is 5.75 Å². The molecular formula is C18H20FNO2. The molecule has 0 aliphatic carbocycles. The topological polar surface area (TPSA) is 38.3 Å². The lowest BCUT2D eigenvalue weighted by atomic mass is 10.1. The molecule has 0 aromatic heterocycles. The summed E-state index contributed by atoms with van der Waals surface area (Å²) in [6.45, 7) is 4.15. The molecule has 0 radical (unpaired) electrons. The second-order valence-corrected chi connectivity index (χ2v) is 5.19. The van der Waals surface area contributed by atoms with Crippen molar-refractivity contribution in [3.8, 4) is 5.75 Å². The lowest BCUT2D eigenvalue weighted by Crippen LogP contribution is -2.37. The molecule has 2 aromatic carbocycles. The van der Waals surface area contributed by atoms with Gasteiger partial charge in [0.05, 0.1) is 0 Å². The fourth-order valence-corrected chi connectivity index (χ4v) is 2.06. The fraction of sp³-hybridized carbons (Fsp3) is 0.278. The zero-order valence-corrected chi connectivity index (χ0v) is 12.8. The maximum Gasteiger partial charge on any atom is 0.260 e. The molecule has 0 aliphatic rings. The molecule has 1 unspecified atom stereocenters. The number of aryl methyl sites for hydroxylation is 1. The Labute approximate surface area is 130 Å². The van der Waals surface area contributed by atoms with Crippen molar-refractivity contribution in [2.24, 2.45) is 0 Å². The van der Waals surface area contributed by atoms with Crippen molar-refractivity contribution < 1.29 is 13.9 Å². The summed E-state index contributed by atoms with van der Waals surface area (Å²) in [5.41, 5.74) is 1.97. The summed E-state index contributed by atoms with van der Waals surface area (Å²) in [6, 6.07) is 13.9. The average molecular weight is 301 g/mol. The molecule has 1 amide bonds. The third-order valence-electron chi connectivity index (χ3n) is 3.39. The van der Waals surface area contributed by atoms with Gasteiger partial charge in [-0.2, -0.15) is 0 Å². The minimum atomic E-state index is -0.561. The lowest BCUT2D eigenvalue weighted by Gasteiger charge is -2.16. The molecule has 22 heavy (non-hydrogen) atoms. The molecule has 0 saturated carbocycles. The van der Waals surface area contributed by atoms with Crippen LogP contribution in [0.15, 0.2) is 48.5 Å². The normalized spacial score (nSPS) is 11.8. The predicted octanol–water partition coefficient (Wildman–Crippen LogP) is 3.26. The van der Waals surface area contributed by atoms with Crippen LogP contribution in [0.25, 0.3) is 0 Å². The number of amides is 1. The van der Waals surface area contributed by atoms with Gasteiger partial charge >= 0.3 is 0 Å². The van der Waals surface area contributed by atoms with Gasteiger partial charge in [-0.25, -0.2) is 4.39 Å². The van der Waals surface area contributed by atoms with Gasteiger partial charge in [-0.1, -0.05) is 30.3 Å². The zero-order chi connectivity index (χ0) is 15.9. The molecule has 1 atom stereocenters. The van der Waals surface area contributed by atoms with Crippen LogP contribution in [0.4, 0.5) is 4.39 Å². The van der Waals surface area contributed by atoms with Crippen molar-refractivity contribution in [3.05, 3.63) is 65.5 Å². The Bertz CT molecular complexity index is 625. The summed E-state index contributed by atoms with van der Waals surface area (Å²) in [5.74, 6) is 0.294. The molecule has 0 spiro atoms. The van der Waals surface area contributed by atoms with Gasteiger partial charge in [-0.05, 0) is 49.6 Å². The van der Waals surface area contributed by atoms with Gasteiger partial charge in [0.15, 0.2) is 6.10 Å². The minimum absolute atomic E-state index is 0.162. The quantitative estimate of drug-likeness (QED) is 0.889. The molecule has 0 fully saturated rings. The Morgan fingerprint density at radius 3 is 2.55 bits per heavy atom. The molecule has 0 bridgehead atoms. The van der Waals surface area contributed by atoms with Gasteiger partial charge in [0.2, 0.25) is 0 Å². The van der Waals surface area contributed by atoms with E-state index in [0.717, 1.165) is 11.1 Å². The SMILES string of the molecule is Cc1ccccc1OC(C)C(=O)NCCc1ccc(F)cc1. The number of para-hydroxylation sites is 1. The number of rotatable bonds is 6. The third kappa shape index (κ3) is 4.58. The zero-order valence-electron chi connectivity index (χ0n) is 12.8. The van der Waals surface area contributed by atoms with Crippen molar-refractivity contribution in [2.75, 3.05) is 6.54 Å². The molecule has 1 N–H and O–H groups in total. The monoisotopic (exact) mass is 301 g/mol. The van der Waals surface area contributed by atoms with Gasteiger partial charge in [0.1, 0.15) is 11.6 Å². The van der Waals surface area contributed by atoms with Crippen LogP contribution in [0.2, 0.25) is 0 Å². The van der Waals surface area contributed by atoms with Crippen LogP contribution in [0.3, 0.4) is 0 Å². The summed E-state index contributed by atoms with van der Waals surface area (Å²) in [4.78, 5) is 12.0. The number of benzene rings is 2. The highest BCUT2D eigenvalue weighted by Crippen LogP contribution is 2.17. The third-order valence-corrected chi connectivity index (χ3v) is 3.39. The largest absolute Gasteiger partial charge is 0.481 e. The Morgan fingerprint density at radius 1 is 1.18 bits per heavy atom. The average Bonchev–Trinajstić information content (AvgIpc) is 2.51. The van der Waals surface area contributed by atoms with E-state index in [1.807, 2.05) is 31.2 Å². The Balaban J connectivity index is 1.79. The van der Waals surface area contributed by atoms with E-state index >= 15 is 0 Å². The summed E-state index contributed by atoms with van der Waals surface area (Å²) < 4.78 is 18.5. The van der Waals surface area contributed by atoms with E-state index in [1.165, 1.54) is 12.1 Å². The summed E-state index contributed by atoms with van der Waals surface area (Å²) >= 11 is 0. The Kier molecular flexibility index (Phi) is 5.53. The van der Waals surface area contributed by atoms with Gasteiger partial charge < -0.3 is 10.1 Å². The second-order valence-electron chi connectivity index (χ2n) is 5.19. The van der Waals surface area contributed by atoms with Crippen LogP contribution in [0.1, 0.15) is 18.1 Å². The number of nitrogens with one attached hydrogen (secondary N) is 1. The van der Waals surface area contributed by atoms with E-state index in [2.05, 4.69) is 5.32 Å². The summed E-state index contributed by atoms with van der Waals surface area (Å²) in [6.07, 6.45) is 0.0950. The molecule has 3 nitrogen and oxygen atoms in total. The molecule has 116 valence electrons. The first-order valence-electron chi connectivity index (χ1n) is 7.30. The Morgan fingerprint density at radius 2 is 1.86 bits per heavy atom. The minimum Gasteiger partial charge on any atom is -0.481 e. The highest BCUT2D eigenvalue weighted by Gasteiger charge is 2.14. The lowest BCUT2D eigenvalue weighted by molar-refractivity contribution is -0.127. The van der Waals surface area contributed by atoms with Crippen molar-refractivity contribution in [1.29, 1.82) is 0 Å². The number of halogens is 1. The van der Waals surface area contributed by atoms with Crippen molar-refractivity contribution in [1.82, 2.24) is 5.32 Å². The van der Waals surface area contributed by atoms with Gasteiger partial charge in [-0.3, -0.25) is 4.79 Å². The Hall–Kier alpha value is -2.36. The van der Waals surface area contributed by atoms with E-state index in [0.29, 0.717) is 18.7 Å². The van der Waals surface area contributed by atoms with Gasteiger partial charge in [0, 0.05) is 6.54 Å². The number of carbonyl (C=O) groups is 1. The molecule has 0 heterocycles. The first kappa shape index (κ1) is 16.0. The maximum absolute atomic E-state index is 12.8. The van der Waals surface area contributed by atoms with Crippen molar-refractivity contribution in [2.45, 2.75) is 26.4 Å². The van der Waals surface area contributed by atoms with E-state index < -0.39 is 6.10 Å². The summed E-state index contributed by atoms with van der Waals surface area (Å²) in [7, 11) is 0. The van der Waals surface area contributed by atoms with Crippen LogP contribution in [0, 0.1) is 12.7 Å². The van der Waals surface area contributed by atoms with E-state index in [-0.39, 0.29) is 11.7 Å². The number of ether oxygens (including phenoxy) is 1. The molecule has 0 aliphatic heterocycles. The smallest absolute Gasteiger partial charge is 0.260 e. The highest BCUT2D eigenvalue weighted by molar-refractivity contribution is 5.80. The van der Waals surface area contributed by atoms with Crippen LogP contribution in [-0.2, 0) is 11.2 Å². The maximum atomic E-state index is 12.8. The number of hydrogen-bond acceptors (Lipinski definition) is 2. The summed E-state index contributed by atoms with van der Waals surface area (Å²) in [5, 5.41) is 2.83. The molecule has 2 rings (SSSR count). The fourth-order valence-electron chi connectivity index (χ4n) is 2.06. The van der Waals surface area contributed by atoms with Gasteiger partial charge in [-0.15, -0.1) is 0 Å². The first-order valence-corrected chi connectivity index (χ1v) is 7.30. The van der Waals surface area contributed by atoms with Crippen LogP contribution >= 0.6 is 0 Å². The van der Waals surface area contributed by atoms with Crippen LogP contribution in [-0.4, -0.2) is 18.6 Å². The molecule has 4 heteroatoms. The van der Waals surface area contributed by atoms with E-state index in [4.69, 9.17) is 4.74 Å². The van der Waals surface area contributed by atoms with E-state index in [9.17, 15) is 9.18 Å². The predicted molar refractivity (Wildman–Crippen MR) is 84.4 cm³/mol. The van der Waals surface area contributed by atoms with Gasteiger partial charge in [0.25, 0.3) is 5.91 Å². The van der Waals surface area contributed by atoms with Crippen molar-refractivity contribution >= 4 is 5.91 Å². The number of hydrogen-bond donors (Lipinski definition) is 1. The first-order chi connectivity index (χ1) is 10.6. The molecule has 0 saturated heterocycles. The standard InChI is InChI=1S/C18H20FNO2/c1-13-5-3-4-6-17(13)22-14(2)18(21)20-12-11-15-7-9-16(19)10-8-15/h3-10,14H,11-12H2,1-2H3,(H,20,21). The van der Waals surface area contributed by atoms with Crippen LogP contribution < -0.4 is 10.1 Å². The van der Waals surface area contributed by atoms with E-state index in [1.54, 1.807) is 19.1 Å². The van der Waals surface area contributed by atoms with Crippen molar-refractivity contribution in [3.63, 3.8) is 0 Å². The molecule has 2 aromatic rings. The number of carbonyl (C=O) groups excluding carboxylic acids is 1. The highest BCUT2D eigenvalue weighted by atomic mass is 19.1.